The van der Waals surface area contributed by atoms with E-state index in [1.807, 2.05) is 20.8 Å². The van der Waals surface area contributed by atoms with E-state index in [2.05, 4.69) is 25.3 Å². The van der Waals surface area contributed by atoms with E-state index in [9.17, 15) is 14.4 Å². The van der Waals surface area contributed by atoms with Crippen LogP contribution in [0.3, 0.4) is 0 Å². The highest BCUT2D eigenvalue weighted by Crippen LogP contribution is 2.11. The highest BCUT2D eigenvalue weighted by atomic mass is 16.5. The molecule has 3 atom stereocenters. The third-order valence-electron chi connectivity index (χ3n) is 5.09. The number of H-pyrrole nitrogens is 2. The van der Waals surface area contributed by atoms with Crippen molar-refractivity contribution in [1.29, 1.82) is 0 Å². The molecule has 0 saturated heterocycles. The smallest absolute Gasteiger partial charge is 0.323 e. The lowest BCUT2D eigenvalue weighted by Gasteiger charge is -2.20. The summed E-state index contributed by atoms with van der Waals surface area (Å²) in [6.07, 6.45) is 3.65. The number of carbonyl (C=O) groups is 2. The number of imidazole rings is 1. The summed E-state index contributed by atoms with van der Waals surface area (Å²) in [6.45, 7) is 6.39. The van der Waals surface area contributed by atoms with Crippen LogP contribution in [0, 0.1) is 11.8 Å². The van der Waals surface area contributed by atoms with Crippen LogP contribution in [0.15, 0.2) is 11.1 Å². The van der Waals surface area contributed by atoms with Crippen LogP contribution in [0.2, 0.25) is 0 Å². The molecule has 0 aliphatic carbocycles. The van der Waals surface area contributed by atoms with Gasteiger partial charge in [0, 0.05) is 18.9 Å². The van der Waals surface area contributed by atoms with Crippen molar-refractivity contribution in [2.45, 2.75) is 52.5 Å². The molecule has 0 spiro atoms. The fraction of sp³-hybridized carbons (Fsp3) is 0.650. The molecular formula is C20H32N6O5. The van der Waals surface area contributed by atoms with Gasteiger partial charge in [0.05, 0.1) is 19.5 Å². The maximum Gasteiger partial charge on any atom is 0.323 e. The molecule has 5 N–H and O–H groups in total. The summed E-state index contributed by atoms with van der Waals surface area (Å²) < 4.78 is 10.6. The molecule has 0 fully saturated rings. The summed E-state index contributed by atoms with van der Waals surface area (Å²) in [5.74, 6) is -0.620. The van der Waals surface area contributed by atoms with Crippen LogP contribution < -0.4 is 16.6 Å². The largest absolute Gasteiger partial charge is 0.465 e. The van der Waals surface area contributed by atoms with Crippen molar-refractivity contribution >= 4 is 29.1 Å². The monoisotopic (exact) mass is 436 g/mol. The standard InChI is InChI=1S/C20H32N6O5/c1-4-6-14(27)31-10-13(7-8-30-19(29)15(21)12(3)5-2)9-22-20-25-17-16(18(28)26-20)23-11-24-17/h11-13,15H,4-10,21H2,1-3H3,(H3,22,23,24,25,26,28)/t12-,13?,15-/m0/s1. The Labute approximate surface area is 180 Å². The molecule has 0 aromatic carbocycles. The summed E-state index contributed by atoms with van der Waals surface area (Å²) in [5, 5.41) is 3.03. The minimum Gasteiger partial charge on any atom is -0.465 e. The van der Waals surface area contributed by atoms with Gasteiger partial charge in [-0.25, -0.2) is 4.98 Å². The fourth-order valence-electron chi connectivity index (χ4n) is 2.81. The van der Waals surface area contributed by atoms with Crippen LogP contribution in [0.25, 0.3) is 11.2 Å². The summed E-state index contributed by atoms with van der Waals surface area (Å²) in [6, 6.07) is -0.668. The van der Waals surface area contributed by atoms with Crippen LogP contribution in [0.5, 0.6) is 0 Å². The fourth-order valence-corrected chi connectivity index (χ4v) is 2.81. The Bertz CT molecular complexity index is 911. The normalized spacial score (nSPS) is 14.1. The molecule has 0 radical (unpaired) electrons. The third kappa shape index (κ3) is 7.35. The molecule has 11 nitrogen and oxygen atoms in total. The number of rotatable bonds is 13. The molecule has 1 unspecified atom stereocenters. The third-order valence-corrected chi connectivity index (χ3v) is 5.09. The Balaban J connectivity index is 1.94. The SMILES string of the molecule is CCCC(=O)OCC(CCOC(=O)[C@@H](N)[C@@H](C)CC)CNc1nc2nc[nH]c2c(=O)[nH]1. The predicted molar refractivity (Wildman–Crippen MR) is 115 cm³/mol. The van der Waals surface area contributed by atoms with E-state index >= 15 is 0 Å². The molecule has 0 amide bonds. The minimum atomic E-state index is -0.668. The van der Waals surface area contributed by atoms with Gasteiger partial charge in [0.2, 0.25) is 5.95 Å². The number of ether oxygens (including phenoxy) is 2. The van der Waals surface area contributed by atoms with Crippen molar-refractivity contribution in [2.24, 2.45) is 17.6 Å². The second-order valence-electron chi connectivity index (χ2n) is 7.56. The van der Waals surface area contributed by atoms with Crippen LogP contribution >= 0.6 is 0 Å². The molecule has 2 heterocycles. The number of fused-ring (bicyclic) bond motifs is 1. The van der Waals surface area contributed by atoms with Gasteiger partial charge in [-0.15, -0.1) is 0 Å². The van der Waals surface area contributed by atoms with E-state index in [-0.39, 0.29) is 42.5 Å². The van der Waals surface area contributed by atoms with Crippen LogP contribution in [0.4, 0.5) is 5.95 Å². The lowest BCUT2D eigenvalue weighted by molar-refractivity contribution is -0.149. The summed E-state index contributed by atoms with van der Waals surface area (Å²) in [7, 11) is 0. The zero-order valence-corrected chi connectivity index (χ0v) is 18.3. The van der Waals surface area contributed by atoms with Gasteiger partial charge >= 0.3 is 11.9 Å². The van der Waals surface area contributed by atoms with Gasteiger partial charge in [-0.1, -0.05) is 27.2 Å². The number of aromatic amines is 2. The zero-order valence-electron chi connectivity index (χ0n) is 18.3. The second-order valence-corrected chi connectivity index (χ2v) is 7.56. The van der Waals surface area contributed by atoms with E-state index < -0.39 is 12.0 Å². The van der Waals surface area contributed by atoms with Crippen molar-refractivity contribution in [1.82, 2.24) is 19.9 Å². The summed E-state index contributed by atoms with van der Waals surface area (Å²) in [4.78, 5) is 49.4. The Morgan fingerprint density at radius 1 is 1.29 bits per heavy atom. The zero-order chi connectivity index (χ0) is 22.8. The van der Waals surface area contributed by atoms with Crippen molar-refractivity contribution in [3.05, 3.63) is 16.7 Å². The molecule has 31 heavy (non-hydrogen) atoms. The van der Waals surface area contributed by atoms with E-state index in [0.29, 0.717) is 37.0 Å². The van der Waals surface area contributed by atoms with Crippen LogP contribution in [0.1, 0.15) is 46.5 Å². The van der Waals surface area contributed by atoms with E-state index in [1.165, 1.54) is 6.33 Å². The topological polar surface area (TPSA) is 165 Å². The van der Waals surface area contributed by atoms with E-state index in [4.69, 9.17) is 15.2 Å². The maximum absolute atomic E-state index is 12.1. The lowest BCUT2D eigenvalue weighted by atomic mass is 10.0. The molecule has 0 aliphatic rings. The Morgan fingerprint density at radius 2 is 2.06 bits per heavy atom. The van der Waals surface area contributed by atoms with Gasteiger partial charge < -0.3 is 25.5 Å². The average Bonchev–Trinajstić information content (AvgIpc) is 3.23. The van der Waals surface area contributed by atoms with Crippen molar-refractivity contribution in [2.75, 3.05) is 25.1 Å². The second kappa shape index (κ2) is 12.0. The Morgan fingerprint density at radius 3 is 2.77 bits per heavy atom. The number of carbonyl (C=O) groups excluding carboxylic acids is 2. The van der Waals surface area contributed by atoms with Gasteiger partial charge in [-0.3, -0.25) is 19.4 Å². The first-order valence-electron chi connectivity index (χ1n) is 10.6. The number of nitrogens with two attached hydrogens (primary N) is 1. The molecule has 0 aliphatic heterocycles. The van der Waals surface area contributed by atoms with Crippen LogP contribution in [-0.4, -0.2) is 57.7 Å². The number of anilines is 1. The quantitative estimate of drug-likeness (QED) is 0.339. The molecule has 0 saturated carbocycles. The number of hydrogen-bond donors (Lipinski definition) is 4. The Hall–Kier alpha value is -2.95. The first-order chi connectivity index (χ1) is 14.8. The molecule has 2 rings (SSSR count). The predicted octanol–water partition coefficient (Wildman–Crippen LogP) is 1.32. The van der Waals surface area contributed by atoms with Gasteiger partial charge in [-0.05, 0) is 18.8 Å². The molecule has 2 aromatic rings. The Kier molecular flexibility index (Phi) is 9.44. The maximum atomic E-state index is 12.1. The van der Waals surface area contributed by atoms with Gasteiger partial charge in [0.1, 0.15) is 6.04 Å². The summed E-state index contributed by atoms with van der Waals surface area (Å²) >= 11 is 0. The van der Waals surface area contributed by atoms with E-state index in [1.54, 1.807) is 0 Å². The number of esters is 2. The van der Waals surface area contributed by atoms with Crippen molar-refractivity contribution in [3.8, 4) is 0 Å². The van der Waals surface area contributed by atoms with Crippen molar-refractivity contribution < 1.29 is 19.1 Å². The summed E-state index contributed by atoms with van der Waals surface area (Å²) in [5.41, 5.74) is 6.14. The van der Waals surface area contributed by atoms with Gasteiger partial charge in [0.25, 0.3) is 5.56 Å². The van der Waals surface area contributed by atoms with E-state index in [0.717, 1.165) is 6.42 Å². The first-order valence-corrected chi connectivity index (χ1v) is 10.6. The lowest BCUT2D eigenvalue weighted by Crippen LogP contribution is -2.38. The number of nitrogens with zero attached hydrogens (tertiary/aromatic N) is 2. The van der Waals surface area contributed by atoms with Crippen molar-refractivity contribution in [3.63, 3.8) is 0 Å². The number of nitrogens with one attached hydrogen (secondary N) is 3. The molecule has 0 bridgehead atoms. The van der Waals surface area contributed by atoms with Gasteiger partial charge in [0.15, 0.2) is 11.2 Å². The molecule has 11 heteroatoms. The van der Waals surface area contributed by atoms with Gasteiger partial charge in [-0.2, -0.15) is 4.98 Å². The highest BCUT2D eigenvalue weighted by Gasteiger charge is 2.21. The van der Waals surface area contributed by atoms with Crippen LogP contribution in [-0.2, 0) is 19.1 Å². The number of aromatic nitrogens is 4. The molecule has 172 valence electrons. The molecular weight excluding hydrogens is 404 g/mol. The number of hydrogen-bond acceptors (Lipinski definition) is 9. The average molecular weight is 437 g/mol. The molecule has 2 aromatic heterocycles. The highest BCUT2D eigenvalue weighted by molar-refractivity contribution is 5.75. The minimum absolute atomic E-state index is 0.0276. The first kappa shape index (κ1) is 24.3.